The number of hydrogen-bond acceptors (Lipinski definition) is 6. The van der Waals surface area contributed by atoms with E-state index in [9.17, 15) is 14.4 Å². The average Bonchev–Trinajstić information content (AvgIpc) is 3.35. The second-order valence-corrected chi connectivity index (χ2v) is 21.0. The van der Waals surface area contributed by atoms with Gasteiger partial charge in [-0.15, -0.1) is 0 Å². The summed E-state index contributed by atoms with van der Waals surface area (Å²) in [7, 11) is 0. The Bertz CT molecular complexity index is 1110. The standard InChI is InChI=1S/C63H118O6/c1-4-7-10-13-16-19-21-23-25-26-27-28-29-30-31-32-33-34-35-36-37-39-40-42-44-47-50-53-56-62(65)68-59-60(58-67-61(64)55-52-49-46-18-15-12-9-6-3)69-63(66)57-54-51-48-45-43-41-38-24-22-20-17-14-11-8-5-2/h17,20,24,38,60H,4-16,18-19,21-23,25-37,39-59H2,1-3H3/b20-17-,38-24-. The molecule has 0 bridgehead atoms. The maximum Gasteiger partial charge on any atom is 0.306 e. The van der Waals surface area contributed by atoms with Crippen LogP contribution in [0.5, 0.6) is 0 Å². The summed E-state index contributed by atoms with van der Waals surface area (Å²) in [4.78, 5) is 38.0. The Morgan fingerprint density at radius 2 is 0.522 bits per heavy atom. The van der Waals surface area contributed by atoms with Gasteiger partial charge in [-0.2, -0.15) is 0 Å². The highest BCUT2D eigenvalue weighted by Crippen LogP contribution is 2.18. The van der Waals surface area contributed by atoms with Gasteiger partial charge >= 0.3 is 17.9 Å². The normalized spacial score (nSPS) is 12.1. The average molecular weight is 972 g/mol. The Hall–Kier alpha value is -2.11. The number of carbonyl (C=O) groups is 3. The minimum absolute atomic E-state index is 0.0721. The Morgan fingerprint density at radius 3 is 0.826 bits per heavy atom. The van der Waals surface area contributed by atoms with Crippen LogP contribution in [0, 0.1) is 0 Å². The van der Waals surface area contributed by atoms with E-state index in [1.165, 1.54) is 225 Å². The van der Waals surface area contributed by atoms with Gasteiger partial charge in [-0.1, -0.05) is 295 Å². The minimum atomic E-state index is -0.773. The van der Waals surface area contributed by atoms with Crippen molar-refractivity contribution in [3.63, 3.8) is 0 Å². The van der Waals surface area contributed by atoms with E-state index in [-0.39, 0.29) is 31.1 Å². The van der Waals surface area contributed by atoms with E-state index in [0.29, 0.717) is 19.3 Å². The molecule has 0 rings (SSSR count). The number of ether oxygens (including phenoxy) is 3. The number of unbranched alkanes of at least 4 members (excludes halogenated alkanes) is 42. The Balaban J connectivity index is 4.05. The molecule has 0 aliphatic carbocycles. The molecule has 0 saturated carbocycles. The second kappa shape index (κ2) is 58.5. The van der Waals surface area contributed by atoms with Gasteiger partial charge in [0.1, 0.15) is 13.2 Å². The number of esters is 3. The van der Waals surface area contributed by atoms with Crippen LogP contribution in [0.2, 0.25) is 0 Å². The molecule has 0 fully saturated rings. The predicted molar refractivity (Wildman–Crippen MR) is 298 cm³/mol. The molecule has 0 saturated heterocycles. The van der Waals surface area contributed by atoms with Gasteiger partial charge in [0.15, 0.2) is 6.10 Å². The molecule has 0 aromatic heterocycles. The summed E-state index contributed by atoms with van der Waals surface area (Å²) >= 11 is 0. The molecule has 6 nitrogen and oxygen atoms in total. The lowest BCUT2D eigenvalue weighted by atomic mass is 10.0. The van der Waals surface area contributed by atoms with Crippen LogP contribution in [0.1, 0.15) is 342 Å². The molecule has 0 radical (unpaired) electrons. The lowest BCUT2D eigenvalue weighted by Crippen LogP contribution is -2.30. The third kappa shape index (κ3) is 56.7. The first-order chi connectivity index (χ1) is 34.0. The van der Waals surface area contributed by atoms with Gasteiger partial charge in [0.05, 0.1) is 0 Å². The molecule has 0 aromatic carbocycles. The SMILES string of the molecule is CCCCC/C=C\C/C=C\CCCCCCCC(=O)OC(COC(=O)CCCCCCCCCC)COC(=O)CCCCCCCCCCCCCCCCCCCCCCCCCCCCCC. The lowest BCUT2D eigenvalue weighted by Gasteiger charge is -2.18. The highest BCUT2D eigenvalue weighted by atomic mass is 16.6. The first-order valence-electron chi connectivity index (χ1n) is 30.8. The highest BCUT2D eigenvalue weighted by molar-refractivity contribution is 5.71. The Morgan fingerprint density at radius 1 is 0.290 bits per heavy atom. The molecule has 0 heterocycles. The summed E-state index contributed by atoms with van der Waals surface area (Å²) in [5.41, 5.74) is 0. The quantitative estimate of drug-likeness (QED) is 0.0261. The van der Waals surface area contributed by atoms with Gasteiger partial charge in [-0.05, 0) is 51.4 Å². The predicted octanol–water partition coefficient (Wildman–Crippen LogP) is 20.7. The molecule has 406 valence electrons. The van der Waals surface area contributed by atoms with Crippen molar-refractivity contribution in [2.75, 3.05) is 13.2 Å². The number of allylic oxidation sites excluding steroid dienone is 4. The van der Waals surface area contributed by atoms with Crippen LogP contribution < -0.4 is 0 Å². The number of hydrogen-bond donors (Lipinski definition) is 0. The van der Waals surface area contributed by atoms with Gasteiger partial charge in [0, 0.05) is 19.3 Å². The summed E-state index contributed by atoms with van der Waals surface area (Å²) < 4.78 is 16.8. The number of rotatable bonds is 57. The molecular weight excluding hydrogens is 853 g/mol. The van der Waals surface area contributed by atoms with Crippen LogP contribution in [0.15, 0.2) is 24.3 Å². The zero-order valence-electron chi connectivity index (χ0n) is 46.6. The maximum absolute atomic E-state index is 12.8. The van der Waals surface area contributed by atoms with Crippen LogP contribution in [0.3, 0.4) is 0 Å². The fraction of sp³-hybridized carbons (Fsp3) is 0.889. The summed E-state index contributed by atoms with van der Waals surface area (Å²) in [5, 5.41) is 0. The van der Waals surface area contributed by atoms with Crippen molar-refractivity contribution >= 4 is 17.9 Å². The largest absolute Gasteiger partial charge is 0.462 e. The minimum Gasteiger partial charge on any atom is -0.462 e. The lowest BCUT2D eigenvalue weighted by molar-refractivity contribution is -0.167. The van der Waals surface area contributed by atoms with Crippen molar-refractivity contribution in [3.8, 4) is 0 Å². The summed E-state index contributed by atoms with van der Waals surface area (Å²) in [6.45, 7) is 6.62. The van der Waals surface area contributed by atoms with Crippen molar-refractivity contribution in [1.82, 2.24) is 0 Å². The molecule has 0 amide bonds. The monoisotopic (exact) mass is 971 g/mol. The smallest absolute Gasteiger partial charge is 0.306 e. The Labute approximate surface area is 430 Å². The summed E-state index contributed by atoms with van der Waals surface area (Å²) in [6.07, 6.45) is 69.3. The maximum atomic E-state index is 12.8. The zero-order valence-corrected chi connectivity index (χ0v) is 46.6. The first-order valence-corrected chi connectivity index (χ1v) is 30.8. The van der Waals surface area contributed by atoms with Crippen LogP contribution in [-0.2, 0) is 28.6 Å². The molecule has 0 aromatic rings. The summed E-state index contributed by atoms with van der Waals surface area (Å²) in [5.74, 6) is -0.871. The van der Waals surface area contributed by atoms with E-state index < -0.39 is 6.10 Å². The molecule has 6 heteroatoms. The van der Waals surface area contributed by atoms with Gasteiger partial charge < -0.3 is 14.2 Å². The molecule has 69 heavy (non-hydrogen) atoms. The van der Waals surface area contributed by atoms with Crippen molar-refractivity contribution < 1.29 is 28.6 Å². The molecule has 0 aliphatic heterocycles. The zero-order chi connectivity index (χ0) is 50.0. The van der Waals surface area contributed by atoms with Crippen LogP contribution in [-0.4, -0.2) is 37.2 Å². The third-order valence-electron chi connectivity index (χ3n) is 14.0. The number of carbonyl (C=O) groups excluding carboxylic acids is 3. The van der Waals surface area contributed by atoms with Gasteiger partial charge in [-0.25, -0.2) is 0 Å². The van der Waals surface area contributed by atoms with E-state index in [1.54, 1.807) is 0 Å². The second-order valence-electron chi connectivity index (χ2n) is 21.0. The molecule has 1 atom stereocenters. The highest BCUT2D eigenvalue weighted by Gasteiger charge is 2.19. The van der Waals surface area contributed by atoms with E-state index in [2.05, 4.69) is 45.1 Å². The van der Waals surface area contributed by atoms with E-state index in [4.69, 9.17) is 14.2 Å². The Kier molecular flexibility index (Phi) is 56.7. The first kappa shape index (κ1) is 66.9. The van der Waals surface area contributed by atoms with Gasteiger partial charge in [0.2, 0.25) is 0 Å². The molecule has 0 N–H and O–H groups in total. The molecule has 1 unspecified atom stereocenters. The fourth-order valence-electron chi connectivity index (χ4n) is 9.30. The fourth-order valence-corrected chi connectivity index (χ4v) is 9.30. The van der Waals surface area contributed by atoms with Crippen molar-refractivity contribution in [2.45, 2.75) is 348 Å². The van der Waals surface area contributed by atoms with Crippen LogP contribution in [0.25, 0.3) is 0 Å². The van der Waals surface area contributed by atoms with E-state index >= 15 is 0 Å². The molecule has 0 spiro atoms. The van der Waals surface area contributed by atoms with E-state index in [1.807, 2.05) is 0 Å². The van der Waals surface area contributed by atoms with Crippen molar-refractivity contribution in [3.05, 3.63) is 24.3 Å². The summed E-state index contributed by atoms with van der Waals surface area (Å²) in [6, 6.07) is 0. The van der Waals surface area contributed by atoms with Crippen LogP contribution >= 0.6 is 0 Å². The van der Waals surface area contributed by atoms with Crippen LogP contribution in [0.4, 0.5) is 0 Å². The van der Waals surface area contributed by atoms with Crippen molar-refractivity contribution in [1.29, 1.82) is 0 Å². The van der Waals surface area contributed by atoms with Gasteiger partial charge in [-0.3, -0.25) is 14.4 Å². The third-order valence-corrected chi connectivity index (χ3v) is 14.0. The van der Waals surface area contributed by atoms with Crippen molar-refractivity contribution in [2.24, 2.45) is 0 Å². The van der Waals surface area contributed by atoms with E-state index in [0.717, 1.165) is 77.0 Å². The molecular formula is C63H118O6. The van der Waals surface area contributed by atoms with Gasteiger partial charge in [0.25, 0.3) is 0 Å². The molecule has 0 aliphatic rings. The topological polar surface area (TPSA) is 78.9 Å².